The Labute approximate surface area is 118 Å². The summed E-state index contributed by atoms with van der Waals surface area (Å²) in [6.45, 7) is 3.88. The molecule has 4 nitrogen and oxygen atoms in total. The molecule has 0 bridgehead atoms. The number of nitrogens with one attached hydrogen (secondary N) is 1. The van der Waals surface area contributed by atoms with Gasteiger partial charge < -0.3 is 10.4 Å². The minimum absolute atomic E-state index is 0.121. The van der Waals surface area contributed by atoms with Crippen LogP contribution in [0.3, 0.4) is 0 Å². The number of aromatic hydroxyl groups is 1. The average molecular weight is 271 g/mol. The van der Waals surface area contributed by atoms with Gasteiger partial charge in [0.1, 0.15) is 0 Å². The molecule has 2 aromatic rings. The summed E-state index contributed by atoms with van der Waals surface area (Å²) >= 11 is 0. The van der Waals surface area contributed by atoms with E-state index in [2.05, 4.69) is 12.2 Å². The molecular formula is C16H19N2O2+. The van der Waals surface area contributed by atoms with Gasteiger partial charge in [0.15, 0.2) is 11.9 Å². The van der Waals surface area contributed by atoms with Gasteiger partial charge >= 0.3 is 0 Å². The van der Waals surface area contributed by atoms with E-state index in [1.165, 1.54) is 11.8 Å². The van der Waals surface area contributed by atoms with Crippen LogP contribution in [-0.4, -0.2) is 11.0 Å². The molecular weight excluding hydrogens is 252 g/mol. The fourth-order valence-electron chi connectivity index (χ4n) is 1.93. The topological polar surface area (TPSA) is 53.2 Å². The van der Waals surface area contributed by atoms with Gasteiger partial charge in [-0.15, -0.1) is 0 Å². The van der Waals surface area contributed by atoms with E-state index in [4.69, 9.17) is 0 Å². The van der Waals surface area contributed by atoms with Crippen LogP contribution in [0.1, 0.15) is 25.5 Å². The van der Waals surface area contributed by atoms with E-state index in [0.29, 0.717) is 0 Å². The van der Waals surface area contributed by atoms with E-state index in [0.717, 1.165) is 12.1 Å². The minimum atomic E-state index is -0.395. The highest BCUT2D eigenvalue weighted by Gasteiger charge is 2.22. The van der Waals surface area contributed by atoms with Gasteiger partial charge in [0, 0.05) is 18.7 Å². The highest BCUT2D eigenvalue weighted by molar-refractivity contribution is 5.92. The zero-order valence-corrected chi connectivity index (χ0v) is 11.7. The molecule has 1 amide bonds. The summed E-state index contributed by atoms with van der Waals surface area (Å²) in [6, 6.07) is 10.7. The molecule has 4 heteroatoms. The third kappa shape index (κ3) is 3.35. The molecule has 0 aliphatic carbocycles. The van der Waals surface area contributed by atoms with Gasteiger partial charge in [-0.3, -0.25) is 4.79 Å². The van der Waals surface area contributed by atoms with Crippen LogP contribution in [-0.2, 0) is 11.2 Å². The number of aryl methyl sites for hydroxylation is 1. The Morgan fingerprint density at radius 3 is 2.60 bits per heavy atom. The predicted octanol–water partition coefficient (Wildman–Crippen LogP) is 2.44. The van der Waals surface area contributed by atoms with Gasteiger partial charge in [0.25, 0.3) is 5.91 Å². The SMILES string of the molecule is CCc1ccc(NC(=O)[C@@H](C)[n+]2cccc(O)c2)cc1. The quantitative estimate of drug-likeness (QED) is 0.839. The first-order chi connectivity index (χ1) is 9.60. The Bertz CT molecular complexity index is 594. The monoisotopic (exact) mass is 271 g/mol. The molecule has 1 aromatic carbocycles. The lowest BCUT2D eigenvalue weighted by molar-refractivity contribution is -0.705. The Balaban J connectivity index is 2.07. The summed E-state index contributed by atoms with van der Waals surface area (Å²) in [5.74, 6) is 0.0179. The molecule has 1 atom stereocenters. The largest absolute Gasteiger partial charge is 0.503 e. The van der Waals surface area contributed by atoms with Crippen LogP contribution in [0.15, 0.2) is 48.8 Å². The van der Waals surface area contributed by atoms with Gasteiger partial charge in [0.2, 0.25) is 12.2 Å². The summed E-state index contributed by atoms with van der Waals surface area (Å²) in [6.07, 6.45) is 4.26. The molecule has 0 saturated heterocycles. The van der Waals surface area contributed by atoms with Crippen molar-refractivity contribution in [1.82, 2.24) is 0 Å². The van der Waals surface area contributed by atoms with Crippen molar-refractivity contribution in [3.63, 3.8) is 0 Å². The maximum atomic E-state index is 12.2. The third-order valence-electron chi connectivity index (χ3n) is 3.26. The number of rotatable bonds is 4. The first-order valence-electron chi connectivity index (χ1n) is 6.69. The molecule has 0 saturated carbocycles. The van der Waals surface area contributed by atoms with Crippen molar-refractivity contribution in [2.45, 2.75) is 26.3 Å². The number of benzene rings is 1. The summed E-state index contributed by atoms with van der Waals surface area (Å²) in [5, 5.41) is 12.3. The first kappa shape index (κ1) is 14.1. The van der Waals surface area contributed by atoms with Gasteiger partial charge in [-0.05, 0) is 30.2 Å². The Morgan fingerprint density at radius 1 is 1.30 bits per heavy atom. The smallest absolute Gasteiger partial charge is 0.293 e. The second-order valence-electron chi connectivity index (χ2n) is 4.73. The number of hydrogen-bond donors (Lipinski definition) is 2. The van der Waals surface area contributed by atoms with E-state index in [9.17, 15) is 9.90 Å². The second kappa shape index (κ2) is 6.19. The summed E-state index contributed by atoms with van der Waals surface area (Å²) in [5.41, 5.74) is 2.01. The Kier molecular flexibility index (Phi) is 4.35. The van der Waals surface area contributed by atoms with E-state index in [-0.39, 0.29) is 11.7 Å². The molecule has 20 heavy (non-hydrogen) atoms. The summed E-state index contributed by atoms with van der Waals surface area (Å²) in [7, 11) is 0. The van der Waals surface area contributed by atoms with Gasteiger partial charge in [-0.2, -0.15) is 4.57 Å². The number of carbonyl (C=O) groups excluding carboxylic acids is 1. The lowest BCUT2D eigenvalue weighted by atomic mass is 10.1. The Hall–Kier alpha value is -2.36. The number of amides is 1. The molecule has 0 spiro atoms. The van der Waals surface area contributed by atoms with Crippen LogP contribution in [0.5, 0.6) is 5.75 Å². The zero-order valence-electron chi connectivity index (χ0n) is 11.7. The summed E-state index contributed by atoms with van der Waals surface area (Å²) < 4.78 is 1.67. The van der Waals surface area contributed by atoms with Crippen molar-refractivity contribution in [2.24, 2.45) is 0 Å². The molecule has 0 aliphatic heterocycles. The number of carbonyl (C=O) groups is 1. The second-order valence-corrected chi connectivity index (χ2v) is 4.73. The van der Waals surface area contributed by atoms with Crippen LogP contribution < -0.4 is 9.88 Å². The molecule has 2 N–H and O–H groups in total. The average Bonchev–Trinajstić information content (AvgIpc) is 2.47. The highest BCUT2D eigenvalue weighted by Crippen LogP contribution is 2.12. The zero-order chi connectivity index (χ0) is 14.5. The highest BCUT2D eigenvalue weighted by atomic mass is 16.3. The van der Waals surface area contributed by atoms with Crippen LogP contribution in [0.25, 0.3) is 0 Å². The number of nitrogens with zero attached hydrogens (tertiary/aromatic N) is 1. The number of anilines is 1. The molecule has 1 aromatic heterocycles. The number of pyridine rings is 1. The van der Waals surface area contributed by atoms with Gasteiger partial charge in [0.05, 0.1) is 0 Å². The molecule has 0 radical (unpaired) electrons. The van der Waals surface area contributed by atoms with Crippen LogP contribution in [0.4, 0.5) is 5.69 Å². The molecule has 2 rings (SSSR count). The van der Waals surface area contributed by atoms with E-state index >= 15 is 0 Å². The van der Waals surface area contributed by atoms with Gasteiger partial charge in [-0.1, -0.05) is 19.1 Å². The van der Waals surface area contributed by atoms with E-state index < -0.39 is 6.04 Å². The molecule has 0 unspecified atom stereocenters. The lowest BCUT2D eigenvalue weighted by Gasteiger charge is -2.09. The lowest BCUT2D eigenvalue weighted by Crippen LogP contribution is -2.43. The van der Waals surface area contributed by atoms with Crippen LogP contribution >= 0.6 is 0 Å². The van der Waals surface area contributed by atoms with Crippen molar-refractivity contribution < 1.29 is 14.5 Å². The van der Waals surface area contributed by atoms with Crippen molar-refractivity contribution in [1.29, 1.82) is 0 Å². The van der Waals surface area contributed by atoms with Crippen molar-refractivity contribution in [2.75, 3.05) is 5.32 Å². The van der Waals surface area contributed by atoms with Crippen molar-refractivity contribution >= 4 is 11.6 Å². The first-order valence-corrected chi connectivity index (χ1v) is 6.69. The van der Waals surface area contributed by atoms with Gasteiger partial charge in [-0.25, -0.2) is 0 Å². The molecule has 1 heterocycles. The fourth-order valence-corrected chi connectivity index (χ4v) is 1.93. The van der Waals surface area contributed by atoms with E-state index in [1.54, 1.807) is 29.8 Å². The maximum absolute atomic E-state index is 12.2. The molecule has 0 fully saturated rings. The van der Waals surface area contributed by atoms with Crippen LogP contribution in [0.2, 0.25) is 0 Å². The normalized spacial score (nSPS) is 11.9. The van der Waals surface area contributed by atoms with Crippen molar-refractivity contribution in [3.8, 4) is 5.75 Å². The fraction of sp³-hybridized carbons (Fsp3) is 0.250. The van der Waals surface area contributed by atoms with E-state index in [1.807, 2.05) is 24.3 Å². The minimum Gasteiger partial charge on any atom is -0.503 e. The predicted molar refractivity (Wildman–Crippen MR) is 77.5 cm³/mol. The number of hydrogen-bond acceptors (Lipinski definition) is 2. The standard InChI is InChI=1S/C16H18N2O2/c1-3-13-6-8-14(9-7-13)17-16(20)12(2)18-10-4-5-15(19)11-18/h4-12H,3H2,1-2H3,(H-,17,19,20)/p+1/t12-/m1/s1. The maximum Gasteiger partial charge on any atom is 0.293 e. The van der Waals surface area contributed by atoms with Crippen LogP contribution in [0, 0.1) is 0 Å². The Morgan fingerprint density at radius 2 is 2.00 bits per heavy atom. The van der Waals surface area contributed by atoms with Crippen molar-refractivity contribution in [3.05, 3.63) is 54.4 Å². The molecule has 104 valence electrons. The third-order valence-corrected chi connectivity index (χ3v) is 3.26. The molecule has 0 aliphatic rings. The number of aromatic nitrogens is 1. The summed E-state index contributed by atoms with van der Waals surface area (Å²) in [4.78, 5) is 12.2.